The van der Waals surface area contributed by atoms with E-state index in [-0.39, 0.29) is 36.4 Å². The molecule has 0 atom stereocenters. The Morgan fingerprint density at radius 1 is 1.02 bits per heavy atom. The minimum atomic E-state index is -0.569. The van der Waals surface area contributed by atoms with Gasteiger partial charge in [-0.1, -0.05) is 41.9 Å². The number of halogens is 1. The van der Waals surface area contributed by atoms with Crippen LogP contribution in [-0.2, 0) is 11.3 Å². The van der Waals surface area contributed by atoms with Crippen molar-refractivity contribution in [1.29, 1.82) is 0 Å². The molecular formula is C34H38ClN3O4S. The standard InChI is InChI=1S/C34H38ClN3O4S/c1-21-10-11-23(19-36-21)22-12-17-28(39)24(18-22)20-38(32(40)31-30(35)27-8-6-7-9-29(27)43-31)26-15-13-25(14-16-26)37(5)33(41)42-34(2,3)4/h6-12,17-19,25-26,39H,13-16,20H2,1-5H3. The van der Waals surface area contributed by atoms with Crippen LogP contribution in [0, 0.1) is 6.92 Å². The maximum Gasteiger partial charge on any atom is 0.410 e. The van der Waals surface area contributed by atoms with Crippen LogP contribution >= 0.6 is 22.9 Å². The van der Waals surface area contributed by atoms with E-state index in [2.05, 4.69) is 4.98 Å². The summed E-state index contributed by atoms with van der Waals surface area (Å²) in [5.74, 6) is -0.0284. The van der Waals surface area contributed by atoms with Gasteiger partial charge in [0, 0.05) is 58.8 Å². The quantitative estimate of drug-likeness (QED) is 0.234. The van der Waals surface area contributed by atoms with Gasteiger partial charge in [0.15, 0.2) is 0 Å². The Morgan fingerprint density at radius 2 is 1.70 bits per heavy atom. The number of benzene rings is 2. The third-order valence-electron chi connectivity index (χ3n) is 7.99. The summed E-state index contributed by atoms with van der Waals surface area (Å²) in [5, 5.41) is 12.2. The highest BCUT2D eigenvalue weighted by molar-refractivity contribution is 7.21. The van der Waals surface area contributed by atoms with Crippen molar-refractivity contribution in [2.45, 2.75) is 77.6 Å². The summed E-state index contributed by atoms with van der Waals surface area (Å²) in [6.45, 7) is 7.74. The molecular weight excluding hydrogens is 582 g/mol. The van der Waals surface area contributed by atoms with Crippen molar-refractivity contribution < 1.29 is 19.4 Å². The minimum Gasteiger partial charge on any atom is -0.508 e. The molecule has 0 radical (unpaired) electrons. The molecule has 4 aromatic rings. The van der Waals surface area contributed by atoms with Crippen molar-refractivity contribution in [3.8, 4) is 16.9 Å². The van der Waals surface area contributed by atoms with E-state index in [9.17, 15) is 14.7 Å². The van der Waals surface area contributed by atoms with E-state index in [0.29, 0.717) is 28.3 Å². The van der Waals surface area contributed by atoms with E-state index in [4.69, 9.17) is 16.3 Å². The number of fused-ring (bicyclic) bond motifs is 1. The fourth-order valence-electron chi connectivity index (χ4n) is 5.60. The molecule has 7 nitrogen and oxygen atoms in total. The van der Waals surface area contributed by atoms with Gasteiger partial charge in [-0.15, -0.1) is 11.3 Å². The zero-order valence-corrected chi connectivity index (χ0v) is 26.8. The number of aromatic hydroxyl groups is 1. The lowest BCUT2D eigenvalue weighted by atomic mass is 9.89. The molecule has 1 fully saturated rings. The summed E-state index contributed by atoms with van der Waals surface area (Å²) in [4.78, 5) is 35.5. The highest BCUT2D eigenvalue weighted by Gasteiger charge is 2.35. The molecule has 0 aliphatic heterocycles. The van der Waals surface area contributed by atoms with Crippen molar-refractivity contribution in [2.75, 3.05) is 7.05 Å². The SMILES string of the molecule is Cc1ccc(-c2ccc(O)c(CN(C(=O)c3sc4ccccc4c3Cl)C3CCC(N(C)C(=O)OC(C)(C)C)CC3)c2)cn1. The highest BCUT2D eigenvalue weighted by atomic mass is 35.5. The predicted octanol–water partition coefficient (Wildman–Crippen LogP) is 8.45. The molecule has 1 saturated carbocycles. The molecule has 0 unspecified atom stereocenters. The van der Waals surface area contributed by atoms with Crippen LogP contribution in [0.25, 0.3) is 21.2 Å². The van der Waals surface area contributed by atoms with Crippen LogP contribution in [0.1, 0.15) is 67.4 Å². The Bertz CT molecular complexity index is 1620. The third kappa shape index (κ3) is 6.97. The first-order valence-electron chi connectivity index (χ1n) is 14.6. The van der Waals surface area contributed by atoms with E-state index in [1.54, 1.807) is 18.0 Å². The van der Waals surface area contributed by atoms with Crippen molar-refractivity contribution in [3.63, 3.8) is 0 Å². The topological polar surface area (TPSA) is 83.0 Å². The van der Waals surface area contributed by atoms with Gasteiger partial charge in [0.1, 0.15) is 16.2 Å². The number of nitrogens with zero attached hydrogens (tertiary/aromatic N) is 3. The zero-order chi connectivity index (χ0) is 30.9. The Kier molecular flexibility index (Phi) is 8.99. The lowest BCUT2D eigenvalue weighted by Crippen LogP contribution is -2.47. The van der Waals surface area contributed by atoms with Gasteiger partial charge in [-0.3, -0.25) is 9.78 Å². The van der Waals surface area contributed by atoms with Gasteiger partial charge >= 0.3 is 6.09 Å². The maximum absolute atomic E-state index is 14.3. The highest BCUT2D eigenvalue weighted by Crippen LogP contribution is 2.38. The summed E-state index contributed by atoms with van der Waals surface area (Å²) >= 11 is 8.18. The van der Waals surface area contributed by atoms with E-state index >= 15 is 0 Å². The lowest BCUT2D eigenvalue weighted by Gasteiger charge is -2.40. The van der Waals surface area contributed by atoms with Gasteiger partial charge < -0.3 is 19.6 Å². The number of amides is 2. The molecule has 2 heterocycles. The van der Waals surface area contributed by atoms with Crippen molar-refractivity contribution in [1.82, 2.24) is 14.8 Å². The van der Waals surface area contributed by atoms with Gasteiger partial charge in [-0.25, -0.2) is 4.79 Å². The Labute approximate surface area is 262 Å². The predicted molar refractivity (Wildman–Crippen MR) is 173 cm³/mol. The van der Waals surface area contributed by atoms with Gasteiger partial charge in [0.2, 0.25) is 0 Å². The van der Waals surface area contributed by atoms with Crippen LogP contribution in [0.15, 0.2) is 60.8 Å². The summed E-state index contributed by atoms with van der Waals surface area (Å²) in [6.07, 6.45) is 4.33. The van der Waals surface area contributed by atoms with E-state index in [1.165, 1.54) is 11.3 Å². The number of carbonyl (C=O) groups is 2. The van der Waals surface area contributed by atoms with E-state index in [1.807, 2.05) is 87.3 Å². The van der Waals surface area contributed by atoms with E-state index in [0.717, 1.165) is 39.7 Å². The van der Waals surface area contributed by atoms with Gasteiger partial charge in [-0.2, -0.15) is 0 Å². The number of phenols is 1. The second kappa shape index (κ2) is 12.5. The molecule has 2 aromatic heterocycles. The number of aromatic nitrogens is 1. The molecule has 1 aliphatic rings. The van der Waals surface area contributed by atoms with Gasteiger partial charge in [0.05, 0.1) is 5.02 Å². The molecule has 2 aromatic carbocycles. The van der Waals surface area contributed by atoms with Gasteiger partial charge in [-0.05, 0) is 83.2 Å². The first kappa shape index (κ1) is 30.8. The maximum atomic E-state index is 14.3. The number of hydrogen-bond acceptors (Lipinski definition) is 6. The van der Waals surface area contributed by atoms with Crippen LogP contribution in [0.5, 0.6) is 5.75 Å². The molecule has 0 spiro atoms. The minimum absolute atomic E-state index is 0.0155. The number of carbonyl (C=O) groups excluding carboxylic acids is 2. The van der Waals surface area contributed by atoms with Gasteiger partial charge in [0.25, 0.3) is 5.91 Å². The van der Waals surface area contributed by atoms with Crippen LogP contribution in [0.4, 0.5) is 4.79 Å². The lowest BCUT2D eigenvalue weighted by molar-refractivity contribution is 0.0144. The first-order valence-corrected chi connectivity index (χ1v) is 15.8. The monoisotopic (exact) mass is 619 g/mol. The summed E-state index contributed by atoms with van der Waals surface area (Å²) in [5.41, 5.74) is 2.85. The van der Waals surface area contributed by atoms with Crippen molar-refractivity contribution in [3.05, 3.63) is 82.0 Å². The largest absolute Gasteiger partial charge is 0.508 e. The third-order valence-corrected chi connectivity index (χ3v) is 9.65. The number of hydrogen-bond donors (Lipinski definition) is 1. The Balaban J connectivity index is 1.43. The second-order valence-electron chi connectivity index (χ2n) is 12.3. The normalized spacial score (nSPS) is 17.1. The Hall–Kier alpha value is -3.62. The summed E-state index contributed by atoms with van der Waals surface area (Å²) in [7, 11) is 1.78. The van der Waals surface area contributed by atoms with Crippen molar-refractivity contribution in [2.24, 2.45) is 0 Å². The number of rotatable bonds is 6. The second-order valence-corrected chi connectivity index (χ2v) is 13.7. The molecule has 43 heavy (non-hydrogen) atoms. The van der Waals surface area contributed by atoms with Crippen LogP contribution in [-0.4, -0.2) is 56.6 Å². The van der Waals surface area contributed by atoms with Crippen LogP contribution in [0.3, 0.4) is 0 Å². The number of thiophene rings is 1. The van der Waals surface area contributed by atoms with Crippen LogP contribution < -0.4 is 0 Å². The molecule has 9 heteroatoms. The fraction of sp³-hybridized carbons (Fsp3) is 0.382. The summed E-state index contributed by atoms with van der Waals surface area (Å²) in [6, 6.07) is 17.1. The zero-order valence-electron chi connectivity index (χ0n) is 25.3. The first-order chi connectivity index (χ1) is 20.4. The number of ether oxygens (including phenoxy) is 1. The molecule has 0 saturated heterocycles. The molecule has 1 N–H and O–H groups in total. The average Bonchev–Trinajstić information content (AvgIpc) is 3.32. The van der Waals surface area contributed by atoms with E-state index < -0.39 is 5.60 Å². The smallest absolute Gasteiger partial charge is 0.410 e. The molecule has 226 valence electrons. The average molecular weight is 620 g/mol. The number of pyridine rings is 1. The van der Waals surface area contributed by atoms with Crippen molar-refractivity contribution >= 4 is 45.0 Å². The fourth-order valence-corrected chi connectivity index (χ4v) is 7.07. The summed E-state index contributed by atoms with van der Waals surface area (Å²) < 4.78 is 6.54. The van der Waals surface area contributed by atoms with Crippen LogP contribution in [0.2, 0.25) is 5.02 Å². The molecule has 2 amide bonds. The Morgan fingerprint density at radius 3 is 2.35 bits per heavy atom. The number of phenolic OH excluding ortho intramolecular Hbond substituents is 1. The molecule has 0 bridgehead atoms. The molecule has 1 aliphatic carbocycles. The molecule has 5 rings (SSSR count). The number of aryl methyl sites for hydroxylation is 1.